The number of halogens is 1. The van der Waals surface area contributed by atoms with E-state index in [2.05, 4.69) is 6.92 Å². The zero-order valence-corrected chi connectivity index (χ0v) is 14.4. The van der Waals surface area contributed by atoms with Crippen molar-refractivity contribution in [3.05, 3.63) is 58.6 Å². The molecule has 0 spiro atoms. The number of carboxylic acids is 1. The molecule has 24 heavy (non-hydrogen) atoms. The Balaban J connectivity index is 1.85. The molecule has 0 amide bonds. The molecule has 2 aromatic rings. The molecule has 4 nitrogen and oxygen atoms in total. The van der Waals surface area contributed by atoms with Crippen LogP contribution in [0.15, 0.2) is 42.5 Å². The Bertz CT molecular complexity index is 668. The fourth-order valence-electron chi connectivity index (χ4n) is 2.26. The third kappa shape index (κ3) is 5.78. The van der Waals surface area contributed by atoms with Gasteiger partial charge in [-0.1, -0.05) is 30.7 Å². The van der Waals surface area contributed by atoms with Crippen LogP contribution in [0.25, 0.3) is 0 Å². The molecule has 0 aliphatic carbocycles. The first-order chi connectivity index (χ1) is 11.6. The van der Waals surface area contributed by atoms with Crippen molar-refractivity contribution in [2.75, 3.05) is 13.2 Å². The van der Waals surface area contributed by atoms with Gasteiger partial charge in [-0.2, -0.15) is 0 Å². The van der Waals surface area contributed by atoms with E-state index in [0.29, 0.717) is 30.4 Å². The van der Waals surface area contributed by atoms with E-state index in [-0.39, 0.29) is 6.42 Å². The number of carboxylic acid groups (broad SMARTS) is 1. The predicted octanol–water partition coefficient (Wildman–Crippen LogP) is 4.38. The monoisotopic (exact) mass is 348 g/mol. The van der Waals surface area contributed by atoms with Gasteiger partial charge < -0.3 is 14.6 Å². The Kier molecular flexibility index (Phi) is 6.94. The van der Waals surface area contributed by atoms with Gasteiger partial charge in [0.25, 0.3) is 0 Å². The number of carbonyl (C=O) groups is 1. The van der Waals surface area contributed by atoms with Gasteiger partial charge in [0.1, 0.15) is 24.7 Å². The van der Waals surface area contributed by atoms with Crippen molar-refractivity contribution in [2.24, 2.45) is 0 Å². The second-order valence-corrected chi connectivity index (χ2v) is 5.78. The summed E-state index contributed by atoms with van der Waals surface area (Å²) in [5.41, 5.74) is 2.06. The molecule has 5 heteroatoms. The molecule has 0 radical (unpaired) electrons. The van der Waals surface area contributed by atoms with Crippen LogP contribution in [0.1, 0.15) is 24.5 Å². The summed E-state index contributed by atoms with van der Waals surface area (Å²) >= 11 is 5.97. The highest BCUT2D eigenvalue weighted by Gasteiger charge is 2.07. The van der Waals surface area contributed by atoms with Crippen LogP contribution in [0.2, 0.25) is 5.02 Å². The quantitative estimate of drug-likeness (QED) is 0.683. The van der Waals surface area contributed by atoms with E-state index in [4.69, 9.17) is 26.2 Å². The minimum absolute atomic E-state index is 0.0387. The Morgan fingerprint density at radius 1 is 1.08 bits per heavy atom. The smallest absolute Gasteiger partial charge is 0.303 e. The maximum atomic E-state index is 10.7. The molecule has 0 aromatic heterocycles. The zero-order valence-electron chi connectivity index (χ0n) is 13.6. The number of aryl methyl sites for hydroxylation is 2. The fraction of sp³-hybridized carbons (Fsp3) is 0.316. The van der Waals surface area contributed by atoms with Crippen LogP contribution in [0.3, 0.4) is 0 Å². The summed E-state index contributed by atoms with van der Waals surface area (Å²) in [5, 5.41) is 9.38. The van der Waals surface area contributed by atoms with Gasteiger partial charge in [-0.05, 0) is 54.3 Å². The second kappa shape index (κ2) is 9.18. The summed E-state index contributed by atoms with van der Waals surface area (Å²) in [6.45, 7) is 2.89. The number of aliphatic carboxylic acids is 1. The zero-order chi connectivity index (χ0) is 17.4. The maximum Gasteiger partial charge on any atom is 0.303 e. The molecule has 1 N–H and O–H groups in total. The van der Waals surface area contributed by atoms with Crippen LogP contribution in [0.4, 0.5) is 0 Å². The SMILES string of the molecule is CCc1ccc(OCCOc2ccc(Cl)cc2CCC(=O)O)cc1. The number of hydrogen-bond donors (Lipinski definition) is 1. The van der Waals surface area contributed by atoms with E-state index in [1.165, 1.54) is 5.56 Å². The number of rotatable bonds is 9. The lowest BCUT2D eigenvalue weighted by atomic mass is 10.1. The van der Waals surface area contributed by atoms with Crippen molar-refractivity contribution in [1.29, 1.82) is 0 Å². The van der Waals surface area contributed by atoms with Crippen molar-refractivity contribution in [3.8, 4) is 11.5 Å². The lowest BCUT2D eigenvalue weighted by Gasteiger charge is -2.12. The Morgan fingerprint density at radius 3 is 2.46 bits per heavy atom. The molecular weight excluding hydrogens is 328 g/mol. The summed E-state index contributed by atoms with van der Waals surface area (Å²) in [6.07, 6.45) is 1.42. The average Bonchev–Trinajstić information content (AvgIpc) is 2.58. The maximum absolute atomic E-state index is 10.7. The Morgan fingerprint density at radius 2 is 1.79 bits per heavy atom. The number of ether oxygens (including phenoxy) is 2. The molecule has 0 heterocycles. The van der Waals surface area contributed by atoms with Crippen LogP contribution in [0, 0.1) is 0 Å². The summed E-state index contributed by atoms with van der Waals surface area (Å²) in [5.74, 6) is 0.600. The van der Waals surface area contributed by atoms with Crippen molar-refractivity contribution in [3.63, 3.8) is 0 Å². The summed E-state index contributed by atoms with van der Waals surface area (Å²) in [4.78, 5) is 10.7. The van der Waals surface area contributed by atoms with Gasteiger partial charge in [-0.25, -0.2) is 0 Å². The molecule has 128 valence electrons. The minimum Gasteiger partial charge on any atom is -0.490 e. The molecule has 0 aliphatic heterocycles. The van der Waals surface area contributed by atoms with E-state index >= 15 is 0 Å². The van der Waals surface area contributed by atoms with Crippen LogP contribution < -0.4 is 9.47 Å². The Labute approximate surface area is 147 Å². The Hall–Kier alpha value is -2.20. The van der Waals surface area contributed by atoms with Crippen molar-refractivity contribution < 1.29 is 19.4 Å². The van der Waals surface area contributed by atoms with Gasteiger partial charge in [0, 0.05) is 11.4 Å². The molecule has 2 aromatic carbocycles. The number of benzene rings is 2. The van der Waals surface area contributed by atoms with E-state index in [1.54, 1.807) is 18.2 Å². The van der Waals surface area contributed by atoms with Gasteiger partial charge in [-0.15, -0.1) is 0 Å². The van der Waals surface area contributed by atoms with Crippen LogP contribution in [0.5, 0.6) is 11.5 Å². The van der Waals surface area contributed by atoms with Gasteiger partial charge in [0.05, 0.1) is 0 Å². The largest absolute Gasteiger partial charge is 0.490 e. The lowest BCUT2D eigenvalue weighted by molar-refractivity contribution is -0.136. The van der Waals surface area contributed by atoms with Gasteiger partial charge >= 0.3 is 5.97 Å². The molecule has 0 unspecified atom stereocenters. The first kappa shape index (κ1) is 18.1. The topological polar surface area (TPSA) is 55.8 Å². The molecule has 0 saturated carbocycles. The normalized spacial score (nSPS) is 10.4. The average molecular weight is 349 g/mol. The van der Waals surface area contributed by atoms with Gasteiger partial charge in [0.2, 0.25) is 0 Å². The standard InChI is InChI=1S/C19H21ClO4/c1-2-14-3-7-17(8-4-14)23-11-12-24-18-9-6-16(20)13-15(18)5-10-19(21)22/h3-4,6-9,13H,2,5,10-12H2,1H3,(H,21,22). The molecule has 0 fully saturated rings. The molecule has 0 bridgehead atoms. The van der Waals surface area contributed by atoms with Gasteiger partial charge in [0.15, 0.2) is 0 Å². The first-order valence-corrected chi connectivity index (χ1v) is 8.31. The highest BCUT2D eigenvalue weighted by molar-refractivity contribution is 6.30. The first-order valence-electron chi connectivity index (χ1n) is 7.93. The summed E-state index contributed by atoms with van der Waals surface area (Å²) in [7, 11) is 0. The molecule has 0 aliphatic rings. The highest BCUT2D eigenvalue weighted by Crippen LogP contribution is 2.24. The fourth-order valence-corrected chi connectivity index (χ4v) is 2.45. The third-order valence-corrected chi connectivity index (χ3v) is 3.81. The lowest BCUT2D eigenvalue weighted by Crippen LogP contribution is -2.10. The number of hydrogen-bond acceptors (Lipinski definition) is 3. The van der Waals surface area contributed by atoms with E-state index < -0.39 is 5.97 Å². The molecule has 0 saturated heterocycles. The minimum atomic E-state index is -0.847. The van der Waals surface area contributed by atoms with Crippen molar-refractivity contribution in [1.82, 2.24) is 0 Å². The van der Waals surface area contributed by atoms with Crippen LogP contribution in [-0.2, 0) is 17.6 Å². The molecule has 0 atom stereocenters. The predicted molar refractivity (Wildman–Crippen MR) is 94.2 cm³/mol. The van der Waals surface area contributed by atoms with Gasteiger partial charge in [-0.3, -0.25) is 4.79 Å². The van der Waals surface area contributed by atoms with E-state index in [1.807, 2.05) is 24.3 Å². The summed E-state index contributed by atoms with van der Waals surface area (Å²) < 4.78 is 11.4. The van der Waals surface area contributed by atoms with E-state index in [9.17, 15) is 4.79 Å². The van der Waals surface area contributed by atoms with E-state index in [0.717, 1.165) is 17.7 Å². The van der Waals surface area contributed by atoms with Crippen molar-refractivity contribution in [2.45, 2.75) is 26.2 Å². The van der Waals surface area contributed by atoms with Crippen molar-refractivity contribution >= 4 is 17.6 Å². The van der Waals surface area contributed by atoms with Crippen LogP contribution in [-0.4, -0.2) is 24.3 Å². The second-order valence-electron chi connectivity index (χ2n) is 5.34. The molecular formula is C19H21ClO4. The summed E-state index contributed by atoms with van der Waals surface area (Å²) in [6, 6.07) is 13.2. The van der Waals surface area contributed by atoms with Crippen LogP contribution >= 0.6 is 11.6 Å². The third-order valence-electron chi connectivity index (χ3n) is 3.57. The highest BCUT2D eigenvalue weighted by atomic mass is 35.5. The molecule has 2 rings (SSSR count).